The van der Waals surface area contributed by atoms with E-state index in [0.29, 0.717) is 22.4 Å². The van der Waals surface area contributed by atoms with Gasteiger partial charge in [-0.25, -0.2) is 4.39 Å². The molecule has 0 aliphatic rings. The molecule has 1 heterocycles. The maximum Gasteiger partial charge on any atom is 0.293 e. The number of hydrogen-bond acceptors (Lipinski definition) is 4. The van der Waals surface area contributed by atoms with Gasteiger partial charge in [0.05, 0.1) is 0 Å². The van der Waals surface area contributed by atoms with Crippen molar-refractivity contribution in [3.63, 3.8) is 0 Å². The number of anilines is 1. The molecule has 0 saturated carbocycles. The Balaban J connectivity index is 1.36. The Morgan fingerprint density at radius 1 is 0.931 bits per heavy atom. The molecule has 1 amide bonds. The van der Waals surface area contributed by atoms with Gasteiger partial charge in [0, 0.05) is 11.1 Å². The number of carbonyl (C=O) groups excluding carboxylic acids is 1. The molecule has 0 spiro atoms. The van der Waals surface area contributed by atoms with Gasteiger partial charge in [-0.05, 0) is 72.9 Å². The van der Waals surface area contributed by atoms with E-state index in [2.05, 4.69) is 10.6 Å². The van der Waals surface area contributed by atoms with E-state index in [0.717, 1.165) is 5.75 Å². The summed E-state index contributed by atoms with van der Waals surface area (Å²) in [4.78, 5) is 12.3. The second kappa shape index (κ2) is 8.12. The summed E-state index contributed by atoms with van der Waals surface area (Å²) >= 11 is 5.18. The summed E-state index contributed by atoms with van der Waals surface area (Å²) in [6, 6.07) is 22.1. The van der Waals surface area contributed by atoms with Gasteiger partial charge in [0.25, 0.3) is 5.91 Å². The minimum absolute atomic E-state index is 0.0429. The number of para-hydroxylation sites is 1. The van der Waals surface area contributed by atoms with Gasteiger partial charge in [-0.15, -0.1) is 0 Å². The third-order valence-corrected chi connectivity index (χ3v) is 4.22. The number of furan rings is 1. The van der Waals surface area contributed by atoms with Crippen molar-refractivity contribution in [2.75, 3.05) is 5.32 Å². The van der Waals surface area contributed by atoms with E-state index in [4.69, 9.17) is 21.4 Å². The molecule has 0 unspecified atom stereocenters. The van der Waals surface area contributed by atoms with Crippen molar-refractivity contribution < 1.29 is 18.3 Å². The largest absolute Gasteiger partial charge is 0.457 e. The van der Waals surface area contributed by atoms with Crippen molar-refractivity contribution in [3.05, 3.63) is 90.4 Å². The Bertz CT molecular complexity index is 1170. The molecule has 3 aromatic carbocycles. The highest BCUT2D eigenvalue weighted by Gasteiger charge is 2.14. The van der Waals surface area contributed by atoms with Crippen LogP contribution >= 0.6 is 12.2 Å². The van der Waals surface area contributed by atoms with Crippen molar-refractivity contribution in [2.45, 2.75) is 0 Å². The molecule has 0 atom stereocenters. The van der Waals surface area contributed by atoms with E-state index in [-0.39, 0.29) is 10.9 Å². The monoisotopic (exact) mass is 406 g/mol. The SMILES string of the molecule is O=C(NC(=S)Nc1ccc(Oc2ccccc2)cc1)c1cc2cc(F)ccc2o1. The Morgan fingerprint density at radius 3 is 2.41 bits per heavy atom. The van der Waals surface area contributed by atoms with Crippen LogP contribution in [0.5, 0.6) is 11.5 Å². The number of nitrogens with one attached hydrogen (secondary N) is 2. The van der Waals surface area contributed by atoms with Crippen molar-refractivity contribution >= 4 is 39.9 Å². The Hall–Kier alpha value is -3.71. The Kier molecular flexibility index (Phi) is 5.22. The molecule has 7 heteroatoms. The highest BCUT2D eigenvalue weighted by molar-refractivity contribution is 7.80. The first-order valence-electron chi connectivity index (χ1n) is 8.71. The van der Waals surface area contributed by atoms with Gasteiger partial charge in [0.15, 0.2) is 10.9 Å². The lowest BCUT2D eigenvalue weighted by atomic mass is 10.2. The second-order valence-corrected chi connectivity index (χ2v) is 6.55. The third kappa shape index (κ3) is 4.59. The number of amides is 1. The van der Waals surface area contributed by atoms with Crippen molar-refractivity contribution in [1.29, 1.82) is 0 Å². The fourth-order valence-electron chi connectivity index (χ4n) is 2.68. The maximum absolute atomic E-state index is 13.3. The smallest absolute Gasteiger partial charge is 0.293 e. The fraction of sp³-hybridized carbons (Fsp3) is 0. The summed E-state index contributed by atoms with van der Waals surface area (Å²) < 4.78 is 24.4. The van der Waals surface area contributed by atoms with Gasteiger partial charge in [-0.2, -0.15) is 0 Å². The molecule has 1 aromatic heterocycles. The van der Waals surface area contributed by atoms with Crippen LogP contribution in [-0.4, -0.2) is 11.0 Å². The second-order valence-electron chi connectivity index (χ2n) is 6.14. The molecule has 0 radical (unpaired) electrons. The molecule has 0 bridgehead atoms. The van der Waals surface area contributed by atoms with E-state index in [1.54, 1.807) is 24.3 Å². The van der Waals surface area contributed by atoms with Crippen LogP contribution in [0.4, 0.5) is 10.1 Å². The minimum Gasteiger partial charge on any atom is -0.457 e. The average Bonchev–Trinajstić information content (AvgIpc) is 3.13. The zero-order valence-corrected chi connectivity index (χ0v) is 15.8. The first-order chi connectivity index (χ1) is 14.1. The van der Waals surface area contributed by atoms with E-state index < -0.39 is 11.7 Å². The molecule has 4 rings (SSSR count). The topological polar surface area (TPSA) is 63.5 Å². The lowest BCUT2D eigenvalue weighted by Crippen LogP contribution is -2.33. The van der Waals surface area contributed by atoms with E-state index >= 15 is 0 Å². The Labute approximate surface area is 171 Å². The Morgan fingerprint density at radius 2 is 1.66 bits per heavy atom. The molecule has 5 nitrogen and oxygen atoms in total. The van der Waals surface area contributed by atoms with Crippen LogP contribution in [0, 0.1) is 5.82 Å². The number of ether oxygens (including phenoxy) is 1. The molecule has 0 saturated heterocycles. The van der Waals surface area contributed by atoms with Gasteiger partial charge in [-0.3, -0.25) is 10.1 Å². The van der Waals surface area contributed by atoms with Gasteiger partial charge in [-0.1, -0.05) is 18.2 Å². The molecule has 0 aliphatic heterocycles. The van der Waals surface area contributed by atoms with E-state index in [1.165, 1.54) is 24.3 Å². The van der Waals surface area contributed by atoms with Crippen LogP contribution in [0.25, 0.3) is 11.0 Å². The fourth-order valence-corrected chi connectivity index (χ4v) is 2.89. The number of halogens is 1. The standard InChI is InChI=1S/C22H15FN2O3S/c23-15-6-11-19-14(12-15)13-20(28-19)21(26)25-22(29)24-16-7-9-18(10-8-16)27-17-4-2-1-3-5-17/h1-13H,(H2,24,25,26,29). The summed E-state index contributed by atoms with van der Waals surface area (Å²) in [6.45, 7) is 0. The number of thiocarbonyl (C=S) groups is 1. The van der Waals surface area contributed by atoms with Crippen LogP contribution in [0.3, 0.4) is 0 Å². The number of benzene rings is 3. The van der Waals surface area contributed by atoms with Gasteiger partial charge in [0.2, 0.25) is 0 Å². The van der Waals surface area contributed by atoms with Crippen LogP contribution in [0.15, 0.2) is 83.3 Å². The predicted octanol–water partition coefficient (Wildman–Crippen LogP) is 5.49. The number of rotatable bonds is 4. The molecular weight excluding hydrogens is 391 g/mol. The van der Waals surface area contributed by atoms with Crippen molar-refractivity contribution in [2.24, 2.45) is 0 Å². The average molecular weight is 406 g/mol. The van der Waals surface area contributed by atoms with Gasteiger partial charge >= 0.3 is 0 Å². The number of fused-ring (bicyclic) bond motifs is 1. The lowest BCUT2D eigenvalue weighted by Gasteiger charge is -2.10. The summed E-state index contributed by atoms with van der Waals surface area (Å²) in [5.41, 5.74) is 1.10. The molecular formula is C22H15FN2O3S. The molecule has 0 aliphatic carbocycles. The van der Waals surface area contributed by atoms with Crippen molar-refractivity contribution in [1.82, 2.24) is 5.32 Å². The first kappa shape index (κ1) is 18.6. The van der Waals surface area contributed by atoms with E-state index in [1.807, 2.05) is 30.3 Å². The third-order valence-electron chi connectivity index (χ3n) is 4.02. The maximum atomic E-state index is 13.3. The minimum atomic E-state index is -0.525. The number of carbonyl (C=O) groups is 1. The molecule has 2 N–H and O–H groups in total. The van der Waals surface area contributed by atoms with Crippen LogP contribution in [0.2, 0.25) is 0 Å². The molecule has 29 heavy (non-hydrogen) atoms. The summed E-state index contributed by atoms with van der Waals surface area (Å²) in [5, 5.41) is 6.07. The summed E-state index contributed by atoms with van der Waals surface area (Å²) in [6.07, 6.45) is 0. The first-order valence-corrected chi connectivity index (χ1v) is 9.12. The van der Waals surface area contributed by atoms with Crippen LogP contribution in [0.1, 0.15) is 10.6 Å². The normalized spacial score (nSPS) is 10.5. The highest BCUT2D eigenvalue weighted by Crippen LogP contribution is 2.23. The van der Waals surface area contributed by atoms with Crippen LogP contribution in [-0.2, 0) is 0 Å². The molecule has 0 fully saturated rings. The zero-order valence-electron chi connectivity index (χ0n) is 15.0. The molecule has 144 valence electrons. The zero-order chi connectivity index (χ0) is 20.2. The quantitative estimate of drug-likeness (QED) is 0.439. The van der Waals surface area contributed by atoms with Crippen LogP contribution < -0.4 is 15.4 Å². The van der Waals surface area contributed by atoms with Gasteiger partial charge < -0.3 is 14.5 Å². The number of hydrogen-bond donors (Lipinski definition) is 2. The van der Waals surface area contributed by atoms with Crippen molar-refractivity contribution in [3.8, 4) is 11.5 Å². The summed E-state index contributed by atoms with van der Waals surface area (Å²) in [7, 11) is 0. The molecule has 4 aromatic rings. The summed E-state index contributed by atoms with van der Waals surface area (Å²) in [5.74, 6) is 0.527. The lowest BCUT2D eigenvalue weighted by molar-refractivity contribution is 0.0953. The van der Waals surface area contributed by atoms with Gasteiger partial charge in [0.1, 0.15) is 22.9 Å². The predicted molar refractivity (Wildman–Crippen MR) is 113 cm³/mol. The van der Waals surface area contributed by atoms with E-state index in [9.17, 15) is 9.18 Å². The highest BCUT2D eigenvalue weighted by atomic mass is 32.1.